The van der Waals surface area contributed by atoms with E-state index >= 15 is 0 Å². The van der Waals surface area contributed by atoms with Crippen LogP contribution in [0.1, 0.15) is 19.3 Å². The Morgan fingerprint density at radius 3 is 1.02 bits per heavy atom. The summed E-state index contributed by atoms with van der Waals surface area (Å²) in [5.41, 5.74) is -2.53. The SMILES string of the molecule is O=C(COCCO)NCCCn1c(=O)n(CCCNC(=O)COCCO)c(=O)n(CCCNC(=O)COCCO)c1=O. The van der Waals surface area contributed by atoms with Crippen LogP contribution in [0.3, 0.4) is 0 Å². The van der Waals surface area contributed by atoms with Crippen LogP contribution in [0.15, 0.2) is 14.4 Å². The number of carbonyl (C=O) groups excluding carboxylic acids is 3. The predicted octanol–water partition coefficient (Wildman–Crippen LogP) is -5.28. The summed E-state index contributed by atoms with van der Waals surface area (Å²) < 4.78 is 17.4. The number of amides is 3. The molecule has 0 bridgehead atoms. The number of rotatable bonds is 24. The number of aliphatic hydroxyl groups is 3. The normalized spacial score (nSPS) is 10.9. The highest BCUT2D eigenvalue weighted by molar-refractivity contribution is 5.77. The molecule has 1 heterocycles. The van der Waals surface area contributed by atoms with E-state index in [1.54, 1.807) is 0 Å². The monoisotopic (exact) mass is 606 g/mol. The number of hydrogen-bond donors (Lipinski definition) is 6. The van der Waals surface area contributed by atoms with Crippen LogP contribution in [0.2, 0.25) is 0 Å². The molecule has 0 atom stereocenters. The summed E-state index contributed by atoms with van der Waals surface area (Å²) in [4.78, 5) is 74.5. The molecule has 1 rings (SSSR count). The maximum Gasteiger partial charge on any atom is 0.336 e. The van der Waals surface area contributed by atoms with E-state index in [2.05, 4.69) is 16.0 Å². The second-order valence-corrected chi connectivity index (χ2v) is 8.74. The van der Waals surface area contributed by atoms with Crippen molar-refractivity contribution in [2.75, 3.05) is 79.1 Å². The van der Waals surface area contributed by atoms with E-state index < -0.39 is 34.8 Å². The highest BCUT2D eigenvalue weighted by atomic mass is 16.5. The lowest BCUT2D eigenvalue weighted by molar-refractivity contribution is -0.126. The Balaban J connectivity index is 2.90. The molecule has 0 aliphatic carbocycles. The molecule has 240 valence electrons. The van der Waals surface area contributed by atoms with Gasteiger partial charge in [-0.2, -0.15) is 0 Å². The largest absolute Gasteiger partial charge is 0.394 e. The maximum atomic E-state index is 13.1. The van der Waals surface area contributed by atoms with Gasteiger partial charge in [0.05, 0.1) is 39.6 Å². The first-order chi connectivity index (χ1) is 20.3. The Kier molecular flexibility index (Phi) is 19.4. The molecule has 3 amide bonds. The number of nitrogens with zero attached hydrogens (tertiary/aromatic N) is 3. The molecule has 18 heteroatoms. The Morgan fingerprint density at radius 2 is 0.786 bits per heavy atom. The molecule has 42 heavy (non-hydrogen) atoms. The summed E-state index contributed by atoms with van der Waals surface area (Å²) in [6.45, 7) is -1.41. The molecular formula is C24H42N6O12. The van der Waals surface area contributed by atoms with Crippen LogP contribution < -0.4 is 33.0 Å². The third-order valence-corrected chi connectivity index (χ3v) is 5.43. The summed E-state index contributed by atoms with van der Waals surface area (Å²) >= 11 is 0. The standard InChI is InChI=1S/C24H42N6O12/c31-10-13-40-16-19(34)25-4-1-7-28-22(37)29(8-2-5-26-20(35)17-41-14-11-32)24(39)30(23(28)38)9-3-6-27-21(36)18-42-15-12-33/h31-33H,1-18H2,(H,25,34)(H,26,35)(H,27,36). The quantitative estimate of drug-likeness (QED) is 0.0605. The van der Waals surface area contributed by atoms with Crippen LogP contribution in [-0.2, 0) is 48.2 Å². The van der Waals surface area contributed by atoms with Crippen LogP contribution in [0, 0.1) is 0 Å². The van der Waals surface area contributed by atoms with E-state index in [1.807, 2.05) is 0 Å². The van der Waals surface area contributed by atoms with E-state index in [4.69, 9.17) is 29.5 Å². The summed E-state index contributed by atoms with van der Waals surface area (Å²) in [6.07, 6.45) is 0.562. The molecule has 1 aromatic rings. The molecule has 1 aromatic heterocycles. The highest BCUT2D eigenvalue weighted by Gasteiger charge is 2.16. The van der Waals surface area contributed by atoms with E-state index in [1.165, 1.54) is 0 Å². The number of carbonyl (C=O) groups is 3. The third kappa shape index (κ3) is 14.5. The summed E-state index contributed by atoms with van der Waals surface area (Å²) in [6, 6.07) is 0. The molecule has 0 saturated carbocycles. The molecule has 0 unspecified atom stereocenters. The summed E-state index contributed by atoms with van der Waals surface area (Å²) in [5.74, 6) is -1.32. The fourth-order valence-electron chi connectivity index (χ4n) is 3.49. The van der Waals surface area contributed by atoms with E-state index in [9.17, 15) is 28.8 Å². The Labute approximate surface area is 241 Å². The zero-order valence-electron chi connectivity index (χ0n) is 23.6. The van der Waals surface area contributed by atoms with Crippen LogP contribution in [0.4, 0.5) is 0 Å². The molecule has 6 N–H and O–H groups in total. The molecule has 0 aliphatic rings. The smallest absolute Gasteiger partial charge is 0.336 e. The average Bonchev–Trinajstić information content (AvgIpc) is 2.96. The van der Waals surface area contributed by atoms with Crippen LogP contribution >= 0.6 is 0 Å². The minimum Gasteiger partial charge on any atom is -0.394 e. The number of aliphatic hydroxyl groups excluding tert-OH is 3. The van der Waals surface area contributed by atoms with E-state index in [-0.39, 0.29) is 118 Å². The van der Waals surface area contributed by atoms with Gasteiger partial charge in [-0.15, -0.1) is 0 Å². The molecule has 0 aliphatic heterocycles. The van der Waals surface area contributed by atoms with Gasteiger partial charge >= 0.3 is 17.1 Å². The Hall–Kier alpha value is -3.42. The van der Waals surface area contributed by atoms with Gasteiger partial charge in [-0.1, -0.05) is 0 Å². The van der Waals surface area contributed by atoms with Crippen molar-refractivity contribution < 1.29 is 43.9 Å². The molecule has 0 radical (unpaired) electrons. The van der Waals surface area contributed by atoms with Crippen molar-refractivity contribution in [3.05, 3.63) is 31.5 Å². The van der Waals surface area contributed by atoms with Crippen molar-refractivity contribution in [2.24, 2.45) is 0 Å². The topological polar surface area (TPSA) is 242 Å². The van der Waals surface area contributed by atoms with Gasteiger partial charge in [0.2, 0.25) is 17.7 Å². The van der Waals surface area contributed by atoms with Crippen molar-refractivity contribution in [1.82, 2.24) is 29.7 Å². The van der Waals surface area contributed by atoms with E-state index in [0.29, 0.717) is 0 Å². The first kappa shape index (κ1) is 36.6. The minimum atomic E-state index is -0.842. The fourth-order valence-corrected chi connectivity index (χ4v) is 3.49. The zero-order valence-corrected chi connectivity index (χ0v) is 23.6. The van der Waals surface area contributed by atoms with Crippen LogP contribution in [0.25, 0.3) is 0 Å². The maximum absolute atomic E-state index is 13.1. The van der Waals surface area contributed by atoms with Crippen molar-refractivity contribution in [3.8, 4) is 0 Å². The predicted molar refractivity (Wildman–Crippen MR) is 146 cm³/mol. The lowest BCUT2D eigenvalue weighted by Crippen LogP contribution is -2.55. The number of hydrogen-bond acceptors (Lipinski definition) is 12. The van der Waals surface area contributed by atoms with Gasteiger partial charge < -0.3 is 45.5 Å². The first-order valence-electron chi connectivity index (χ1n) is 13.6. The number of nitrogens with one attached hydrogen (secondary N) is 3. The zero-order chi connectivity index (χ0) is 31.2. The van der Waals surface area contributed by atoms with Crippen molar-refractivity contribution in [3.63, 3.8) is 0 Å². The van der Waals surface area contributed by atoms with Gasteiger partial charge in [0, 0.05) is 39.3 Å². The van der Waals surface area contributed by atoms with Gasteiger partial charge in [-0.05, 0) is 19.3 Å². The number of aromatic nitrogens is 3. The summed E-state index contributed by atoms with van der Waals surface area (Å²) in [5, 5.41) is 33.8. The number of ether oxygens (including phenoxy) is 3. The lowest BCUT2D eigenvalue weighted by atomic mass is 10.4. The molecule has 18 nitrogen and oxygen atoms in total. The van der Waals surface area contributed by atoms with Crippen molar-refractivity contribution >= 4 is 17.7 Å². The fraction of sp³-hybridized carbons (Fsp3) is 0.750. The molecule has 0 aromatic carbocycles. The van der Waals surface area contributed by atoms with Gasteiger partial charge in [-0.25, -0.2) is 28.1 Å². The molecule has 0 saturated heterocycles. The lowest BCUT2D eigenvalue weighted by Gasteiger charge is -2.15. The van der Waals surface area contributed by atoms with Crippen LogP contribution in [-0.4, -0.2) is 126 Å². The second-order valence-electron chi connectivity index (χ2n) is 8.74. The van der Waals surface area contributed by atoms with Gasteiger partial charge in [0.25, 0.3) is 0 Å². The molecular weight excluding hydrogens is 564 g/mol. The van der Waals surface area contributed by atoms with E-state index in [0.717, 1.165) is 13.7 Å². The summed E-state index contributed by atoms with van der Waals surface area (Å²) in [7, 11) is 0. The van der Waals surface area contributed by atoms with Gasteiger partial charge in [0.15, 0.2) is 0 Å². The van der Waals surface area contributed by atoms with Crippen molar-refractivity contribution in [2.45, 2.75) is 38.9 Å². The van der Waals surface area contributed by atoms with Crippen LogP contribution in [0.5, 0.6) is 0 Å². The first-order valence-corrected chi connectivity index (χ1v) is 13.6. The third-order valence-electron chi connectivity index (χ3n) is 5.43. The molecule has 0 fully saturated rings. The highest BCUT2D eigenvalue weighted by Crippen LogP contribution is 1.89. The second kappa shape index (κ2) is 22.2. The Bertz CT molecular complexity index is 964. The van der Waals surface area contributed by atoms with Gasteiger partial charge in [-0.3, -0.25) is 14.4 Å². The molecule has 0 spiro atoms. The van der Waals surface area contributed by atoms with Crippen molar-refractivity contribution in [1.29, 1.82) is 0 Å². The minimum absolute atomic E-state index is 0.00619. The average molecular weight is 607 g/mol. The Morgan fingerprint density at radius 1 is 0.524 bits per heavy atom. The van der Waals surface area contributed by atoms with Gasteiger partial charge in [0.1, 0.15) is 19.8 Å².